The zero-order valence-corrected chi connectivity index (χ0v) is 22.1. The lowest BCUT2D eigenvalue weighted by atomic mass is 9.96. The number of rotatable bonds is 6. The highest BCUT2D eigenvalue weighted by Gasteiger charge is 2.42. The SMILES string of the molecule is COc1ccc(-n2c(C)cc(C3C(c4ccccn4)NC(=S)N3c3ccc(N(C)C)cc3)c2C)cc1. The number of benzene rings is 2. The molecule has 2 unspecified atom stereocenters. The Balaban J connectivity index is 1.63. The first-order valence-corrected chi connectivity index (χ1v) is 12.4. The van der Waals surface area contributed by atoms with Gasteiger partial charge < -0.3 is 24.4 Å². The van der Waals surface area contributed by atoms with Crippen molar-refractivity contribution >= 4 is 28.7 Å². The van der Waals surface area contributed by atoms with Gasteiger partial charge in [-0.2, -0.15) is 0 Å². The molecule has 4 aromatic rings. The number of methoxy groups -OCH3 is 1. The Kier molecular flexibility index (Phi) is 6.41. The maximum Gasteiger partial charge on any atom is 0.174 e. The van der Waals surface area contributed by atoms with Crippen molar-refractivity contribution in [1.29, 1.82) is 0 Å². The highest BCUT2D eigenvalue weighted by Crippen LogP contribution is 2.44. The van der Waals surface area contributed by atoms with Crippen LogP contribution in [-0.4, -0.2) is 35.9 Å². The van der Waals surface area contributed by atoms with Gasteiger partial charge in [-0.15, -0.1) is 0 Å². The highest BCUT2D eigenvalue weighted by atomic mass is 32.1. The van der Waals surface area contributed by atoms with E-state index in [1.165, 1.54) is 11.3 Å². The number of hydrogen-bond acceptors (Lipinski definition) is 4. The Labute approximate surface area is 218 Å². The van der Waals surface area contributed by atoms with E-state index >= 15 is 0 Å². The number of thiocarbonyl (C=S) groups is 1. The number of aryl methyl sites for hydroxylation is 1. The summed E-state index contributed by atoms with van der Waals surface area (Å²) in [6.45, 7) is 4.32. The summed E-state index contributed by atoms with van der Waals surface area (Å²) in [5.74, 6) is 0.842. The summed E-state index contributed by atoms with van der Waals surface area (Å²) in [5.41, 5.74) is 7.80. The van der Waals surface area contributed by atoms with Crippen LogP contribution in [0.4, 0.5) is 11.4 Å². The fraction of sp³-hybridized carbons (Fsp3) is 0.241. The quantitative estimate of drug-likeness (QED) is 0.343. The molecule has 1 aliphatic heterocycles. The minimum atomic E-state index is -0.0861. The summed E-state index contributed by atoms with van der Waals surface area (Å²) < 4.78 is 7.66. The van der Waals surface area contributed by atoms with Crippen LogP contribution in [0.1, 0.15) is 34.7 Å². The third-order valence-electron chi connectivity index (χ3n) is 6.86. The first kappa shape index (κ1) is 23.9. The van der Waals surface area contributed by atoms with E-state index in [0.717, 1.165) is 34.2 Å². The first-order valence-electron chi connectivity index (χ1n) is 12.0. The molecule has 1 N–H and O–H groups in total. The predicted molar refractivity (Wildman–Crippen MR) is 150 cm³/mol. The van der Waals surface area contributed by atoms with Gasteiger partial charge in [0.25, 0.3) is 0 Å². The Bertz CT molecular complexity index is 1360. The van der Waals surface area contributed by atoms with E-state index in [9.17, 15) is 0 Å². The Morgan fingerprint density at radius 3 is 2.25 bits per heavy atom. The van der Waals surface area contributed by atoms with E-state index in [1.807, 2.05) is 44.6 Å². The molecule has 1 aliphatic rings. The van der Waals surface area contributed by atoms with Crippen molar-refractivity contribution in [2.45, 2.75) is 25.9 Å². The van der Waals surface area contributed by atoms with Crippen molar-refractivity contribution < 1.29 is 4.74 Å². The molecular formula is C29H31N5OS. The van der Waals surface area contributed by atoms with Gasteiger partial charge in [0, 0.05) is 48.7 Å². The molecule has 2 aromatic heterocycles. The van der Waals surface area contributed by atoms with Gasteiger partial charge in [-0.1, -0.05) is 6.07 Å². The van der Waals surface area contributed by atoms with Crippen LogP contribution in [-0.2, 0) is 0 Å². The number of hydrogen-bond donors (Lipinski definition) is 1. The van der Waals surface area contributed by atoms with E-state index in [-0.39, 0.29) is 12.1 Å². The highest BCUT2D eigenvalue weighted by molar-refractivity contribution is 7.80. The number of aromatic nitrogens is 2. The van der Waals surface area contributed by atoms with Crippen LogP contribution in [0, 0.1) is 13.8 Å². The largest absolute Gasteiger partial charge is 0.497 e. The minimum absolute atomic E-state index is 0.0594. The molecule has 7 heteroatoms. The number of nitrogens with zero attached hydrogens (tertiary/aromatic N) is 4. The second-order valence-corrected chi connectivity index (χ2v) is 9.65. The second kappa shape index (κ2) is 9.66. The predicted octanol–water partition coefficient (Wildman–Crippen LogP) is 5.74. The molecule has 0 aliphatic carbocycles. The first-order chi connectivity index (χ1) is 17.4. The van der Waals surface area contributed by atoms with E-state index in [1.54, 1.807) is 7.11 Å². The summed E-state index contributed by atoms with van der Waals surface area (Å²) in [6.07, 6.45) is 1.84. The molecule has 5 rings (SSSR count). The van der Waals surface area contributed by atoms with Gasteiger partial charge in [0.1, 0.15) is 5.75 Å². The van der Waals surface area contributed by atoms with Gasteiger partial charge in [0.15, 0.2) is 5.11 Å². The van der Waals surface area contributed by atoms with Crippen LogP contribution >= 0.6 is 12.2 Å². The zero-order chi connectivity index (χ0) is 25.4. The number of nitrogens with one attached hydrogen (secondary N) is 1. The second-order valence-electron chi connectivity index (χ2n) is 9.27. The van der Waals surface area contributed by atoms with Crippen LogP contribution in [0.3, 0.4) is 0 Å². The average molecular weight is 498 g/mol. The van der Waals surface area contributed by atoms with Crippen molar-refractivity contribution in [2.75, 3.05) is 31.0 Å². The molecule has 3 heterocycles. The van der Waals surface area contributed by atoms with E-state index in [2.05, 4.69) is 82.1 Å². The van der Waals surface area contributed by atoms with Gasteiger partial charge in [-0.05, 0) is 98.4 Å². The maximum absolute atomic E-state index is 5.92. The van der Waals surface area contributed by atoms with Crippen molar-refractivity contribution in [3.8, 4) is 11.4 Å². The fourth-order valence-corrected chi connectivity index (χ4v) is 5.42. The minimum Gasteiger partial charge on any atom is -0.497 e. The van der Waals surface area contributed by atoms with Crippen LogP contribution in [0.15, 0.2) is 79.0 Å². The third kappa shape index (κ3) is 4.20. The molecule has 0 bridgehead atoms. The molecule has 0 amide bonds. The summed E-state index contributed by atoms with van der Waals surface area (Å²) >= 11 is 5.92. The lowest BCUT2D eigenvalue weighted by Gasteiger charge is -2.28. The number of pyridine rings is 1. The van der Waals surface area contributed by atoms with Gasteiger partial charge in [0.05, 0.1) is 24.9 Å². The van der Waals surface area contributed by atoms with Crippen LogP contribution in [0.25, 0.3) is 5.69 Å². The van der Waals surface area contributed by atoms with Gasteiger partial charge in [-0.25, -0.2) is 0 Å². The van der Waals surface area contributed by atoms with E-state index in [0.29, 0.717) is 5.11 Å². The molecular weight excluding hydrogens is 466 g/mol. The topological polar surface area (TPSA) is 45.6 Å². The molecule has 0 spiro atoms. The van der Waals surface area contributed by atoms with Crippen molar-refractivity contribution in [3.05, 3.63) is 102 Å². The van der Waals surface area contributed by atoms with Gasteiger partial charge >= 0.3 is 0 Å². The molecule has 184 valence electrons. The molecule has 2 atom stereocenters. The molecule has 1 fully saturated rings. The number of ether oxygens (including phenoxy) is 1. The fourth-order valence-electron chi connectivity index (χ4n) is 5.08. The van der Waals surface area contributed by atoms with Gasteiger partial charge in [-0.3, -0.25) is 4.98 Å². The van der Waals surface area contributed by atoms with Crippen LogP contribution in [0.5, 0.6) is 5.75 Å². The smallest absolute Gasteiger partial charge is 0.174 e. The normalized spacial score (nSPS) is 17.2. The standard InChI is InChI=1S/C29H31N5OS/c1-19-18-25(20(2)33(19)22-13-15-24(35-5)16-14-22)28-27(26-8-6-7-17-30-26)31-29(36)34(28)23-11-9-21(10-12-23)32(3)4/h6-18,27-28H,1-5H3,(H,31,36). The van der Waals surface area contributed by atoms with Crippen LogP contribution in [0.2, 0.25) is 0 Å². The Morgan fingerprint density at radius 1 is 0.944 bits per heavy atom. The maximum atomic E-state index is 5.92. The lowest BCUT2D eigenvalue weighted by Crippen LogP contribution is -2.29. The molecule has 0 saturated carbocycles. The van der Waals surface area contributed by atoms with Crippen molar-refractivity contribution in [1.82, 2.24) is 14.9 Å². The molecule has 0 radical (unpaired) electrons. The summed E-state index contributed by atoms with van der Waals surface area (Å²) in [7, 11) is 5.78. The Hall–Kier alpha value is -3.84. The summed E-state index contributed by atoms with van der Waals surface area (Å²) in [6, 6.07) is 24.9. The monoisotopic (exact) mass is 497 g/mol. The molecule has 36 heavy (non-hydrogen) atoms. The molecule has 2 aromatic carbocycles. The molecule has 1 saturated heterocycles. The lowest BCUT2D eigenvalue weighted by molar-refractivity contribution is 0.414. The van der Waals surface area contributed by atoms with E-state index < -0.39 is 0 Å². The number of anilines is 2. The average Bonchev–Trinajstić information content (AvgIpc) is 3.39. The summed E-state index contributed by atoms with van der Waals surface area (Å²) in [4.78, 5) is 9.02. The van der Waals surface area contributed by atoms with Crippen molar-refractivity contribution in [2.24, 2.45) is 0 Å². The van der Waals surface area contributed by atoms with Crippen molar-refractivity contribution in [3.63, 3.8) is 0 Å². The molecule has 6 nitrogen and oxygen atoms in total. The van der Waals surface area contributed by atoms with Gasteiger partial charge in [0.2, 0.25) is 0 Å². The summed E-state index contributed by atoms with van der Waals surface area (Å²) in [5, 5.41) is 4.27. The van der Waals surface area contributed by atoms with E-state index in [4.69, 9.17) is 21.9 Å². The third-order valence-corrected chi connectivity index (χ3v) is 7.18. The Morgan fingerprint density at radius 2 is 1.64 bits per heavy atom. The van der Waals surface area contributed by atoms with Crippen LogP contribution < -0.4 is 19.9 Å². The zero-order valence-electron chi connectivity index (χ0n) is 21.3.